The summed E-state index contributed by atoms with van der Waals surface area (Å²) in [6, 6.07) is 4.25. The Morgan fingerprint density at radius 2 is 2.31 bits per heavy atom. The van der Waals surface area contributed by atoms with Gasteiger partial charge in [-0.3, -0.25) is 4.79 Å². The molecule has 1 aliphatic rings. The lowest BCUT2D eigenvalue weighted by molar-refractivity contribution is -0.116. The number of fused-ring (bicyclic) bond motifs is 1. The quantitative estimate of drug-likeness (QED) is 0.653. The Balaban J connectivity index is 2.55. The molecule has 66 valence electrons. The summed E-state index contributed by atoms with van der Waals surface area (Å²) in [5.41, 5.74) is 1.34. The summed E-state index contributed by atoms with van der Waals surface area (Å²) in [5, 5.41) is 2.65. The molecule has 1 aliphatic heterocycles. The zero-order valence-corrected chi connectivity index (χ0v) is 6.88. The average Bonchev–Trinajstić information content (AvgIpc) is 2.40. The number of anilines is 1. The zero-order chi connectivity index (χ0) is 9.42. The van der Waals surface area contributed by atoms with Gasteiger partial charge in [-0.15, -0.1) is 6.58 Å². The van der Waals surface area contributed by atoms with E-state index in [1.807, 2.05) is 0 Å². The van der Waals surface area contributed by atoms with Crippen molar-refractivity contribution in [1.29, 1.82) is 0 Å². The van der Waals surface area contributed by atoms with E-state index in [-0.39, 0.29) is 11.7 Å². The van der Waals surface area contributed by atoms with E-state index in [1.54, 1.807) is 6.07 Å². The number of hydrogen-bond donors (Lipinski definition) is 1. The van der Waals surface area contributed by atoms with Crippen molar-refractivity contribution >= 4 is 11.6 Å². The van der Waals surface area contributed by atoms with Crippen LogP contribution in [0.4, 0.5) is 10.1 Å². The minimum atomic E-state index is -0.411. The standard InChI is InChI=1S/C10H8FNO/c1-2-7-8-5-6(11)3-4-9(8)12-10(7)13/h2-5,7H,1H2,(H,12,13). The van der Waals surface area contributed by atoms with Crippen LogP contribution in [-0.4, -0.2) is 5.91 Å². The van der Waals surface area contributed by atoms with Crippen molar-refractivity contribution in [2.75, 3.05) is 5.32 Å². The predicted octanol–water partition coefficient (Wildman–Crippen LogP) is 2.05. The second-order valence-corrected chi connectivity index (χ2v) is 2.93. The third kappa shape index (κ3) is 1.13. The van der Waals surface area contributed by atoms with Gasteiger partial charge >= 0.3 is 0 Å². The van der Waals surface area contributed by atoms with Gasteiger partial charge in [0.05, 0.1) is 5.92 Å². The number of halogens is 1. The highest BCUT2D eigenvalue weighted by Gasteiger charge is 2.27. The maximum atomic E-state index is 12.8. The van der Waals surface area contributed by atoms with E-state index in [1.165, 1.54) is 18.2 Å². The highest BCUT2D eigenvalue weighted by molar-refractivity contribution is 6.04. The Hall–Kier alpha value is -1.64. The fraction of sp³-hybridized carbons (Fsp3) is 0.100. The van der Waals surface area contributed by atoms with Crippen molar-refractivity contribution < 1.29 is 9.18 Å². The fourth-order valence-electron chi connectivity index (χ4n) is 1.49. The minimum absolute atomic E-state index is 0.143. The maximum Gasteiger partial charge on any atom is 0.235 e. The number of rotatable bonds is 1. The van der Waals surface area contributed by atoms with Crippen LogP contribution in [0.25, 0.3) is 0 Å². The first kappa shape index (κ1) is 7.98. The Kier molecular flexibility index (Phi) is 1.65. The summed E-state index contributed by atoms with van der Waals surface area (Å²) in [6.45, 7) is 3.54. The molecular formula is C10H8FNO. The summed E-state index contributed by atoms with van der Waals surface area (Å²) in [7, 11) is 0. The van der Waals surface area contributed by atoms with Gasteiger partial charge in [0.1, 0.15) is 5.82 Å². The molecule has 1 unspecified atom stereocenters. The largest absolute Gasteiger partial charge is 0.325 e. The van der Waals surface area contributed by atoms with Crippen molar-refractivity contribution in [1.82, 2.24) is 0 Å². The summed E-state index contributed by atoms with van der Waals surface area (Å²) < 4.78 is 12.8. The molecule has 0 bridgehead atoms. The predicted molar refractivity (Wildman–Crippen MR) is 48.0 cm³/mol. The topological polar surface area (TPSA) is 29.1 Å². The van der Waals surface area contributed by atoms with Gasteiger partial charge in [-0.1, -0.05) is 6.08 Å². The van der Waals surface area contributed by atoms with E-state index < -0.39 is 5.92 Å². The minimum Gasteiger partial charge on any atom is -0.325 e. The molecule has 3 heteroatoms. The van der Waals surface area contributed by atoms with Gasteiger partial charge in [-0.2, -0.15) is 0 Å². The first-order valence-corrected chi connectivity index (χ1v) is 3.95. The molecule has 0 radical (unpaired) electrons. The third-order valence-electron chi connectivity index (χ3n) is 2.12. The highest BCUT2D eigenvalue weighted by atomic mass is 19.1. The molecule has 1 atom stereocenters. The molecule has 0 aromatic heterocycles. The van der Waals surface area contributed by atoms with Gasteiger partial charge in [-0.25, -0.2) is 4.39 Å². The Bertz CT molecular complexity index is 387. The second-order valence-electron chi connectivity index (χ2n) is 2.93. The summed E-state index contributed by atoms with van der Waals surface area (Å²) in [6.07, 6.45) is 1.51. The molecule has 1 N–H and O–H groups in total. The summed E-state index contributed by atoms with van der Waals surface area (Å²) in [4.78, 5) is 11.3. The van der Waals surface area contributed by atoms with Gasteiger partial charge in [0.2, 0.25) is 5.91 Å². The fourth-order valence-corrected chi connectivity index (χ4v) is 1.49. The molecule has 1 aromatic carbocycles. The molecule has 1 amide bonds. The number of hydrogen-bond acceptors (Lipinski definition) is 1. The van der Waals surface area contributed by atoms with Crippen molar-refractivity contribution in [3.8, 4) is 0 Å². The van der Waals surface area contributed by atoms with Crippen LogP contribution >= 0.6 is 0 Å². The third-order valence-corrected chi connectivity index (χ3v) is 2.12. The zero-order valence-electron chi connectivity index (χ0n) is 6.88. The average molecular weight is 177 g/mol. The van der Waals surface area contributed by atoms with Crippen LogP contribution in [0.15, 0.2) is 30.9 Å². The highest BCUT2D eigenvalue weighted by Crippen LogP contribution is 2.33. The molecule has 0 fully saturated rings. The second kappa shape index (κ2) is 2.69. The van der Waals surface area contributed by atoms with Crippen LogP contribution in [0.5, 0.6) is 0 Å². The van der Waals surface area contributed by atoms with Crippen molar-refractivity contribution in [3.63, 3.8) is 0 Å². The van der Waals surface area contributed by atoms with Gasteiger partial charge in [-0.05, 0) is 23.8 Å². The Labute approximate surface area is 75.1 Å². The van der Waals surface area contributed by atoms with Crippen LogP contribution in [-0.2, 0) is 4.79 Å². The van der Waals surface area contributed by atoms with Gasteiger partial charge < -0.3 is 5.32 Å². The van der Waals surface area contributed by atoms with E-state index in [4.69, 9.17) is 0 Å². The summed E-state index contributed by atoms with van der Waals surface area (Å²) >= 11 is 0. The Morgan fingerprint density at radius 1 is 1.54 bits per heavy atom. The van der Waals surface area contributed by atoms with Crippen LogP contribution in [0, 0.1) is 5.82 Å². The van der Waals surface area contributed by atoms with Crippen LogP contribution in [0.3, 0.4) is 0 Å². The molecule has 1 heterocycles. The summed E-state index contributed by atoms with van der Waals surface area (Å²) in [5.74, 6) is -0.886. The van der Waals surface area contributed by atoms with E-state index >= 15 is 0 Å². The molecule has 0 spiro atoms. The Morgan fingerprint density at radius 3 is 3.00 bits per heavy atom. The van der Waals surface area contributed by atoms with Crippen molar-refractivity contribution in [3.05, 3.63) is 42.2 Å². The number of carbonyl (C=O) groups is 1. The van der Waals surface area contributed by atoms with Crippen molar-refractivity contribution in [2.45, 2.75) is 5.92 Å². The van der Waals surface area contributed by atoms with E-state index in [9.17, 15) is 9.18 Å². The molecule has 2 nitrogen and oxygen atoms in total. The SMILES string of the molecule is C=CC1C(=O)Nc2ccc(F)cc21. The molecule has 13 heavy (non-hydrogen) atoms. The number of benzene rings is 1. The van der Waals surface area contributed by atoms with E-state index in [0.29, 0.717) is 11.3 Å². The number of amides is 1. The molecule has 2 rings (SSSR count). The molecule has 0 saturated heterocycles. The van der Waals surface area contributed by atoms with Gasteiger partial charge in [0.25, 0.3) is 0 Å². The lowest BCUT2D eigenvalue weighted by Gasteiger charge is -2.00. The van der Waals surface area contributed by atoms with Crippen molar-refractivity contribution in [2.24, 2.45) is 0 Å². The van der Waals surface area contributed by atoms with Crippen LogP contribution in [0.1, 0.15) is 11.5 Å². The van der Waals surface area contributed by atoms with Gasteiger partial charge in [0, 0.05) is 5.69 Å². The molecule has 0 saturated carbocycles. The monoisotopic (exact) mass is 177 g/mol. The lowest BCUT2D eigenvalue weighted by Crippen LogP contribution is -2.09. The first-order chi connectivity index (χ1) is 6.22. The van der Waals surface area contributed by atoms with E-state index in [0.717, 1.165) is 0 Å². The van der Waals surface area contributed by atoms with Gasteiger partial charge in [0.15, 0.2) is 0 Å². The molecular weight excluding hydrogens is 169 g/mol. The lowest BCUT2D eigenvalue weighted by atomic mass is 10.0. The van der Waals surface area contributed by atoms with Crippen LogP contribution in [0.2, 0.25) is 0 Å². The molecule has 0 aliphatic carbocycles. The maximum absolute atomic E-state index is 12.8. The first-order valence-electron chi connectivity index (χ1n) is 3.95. The van der Waals surface area contributed by atoms with Crippen LogP contribution < -0.4 is 5.32 Å². The number of carbonyl (C=O) groups excluding carboxylic acids is 1. The normalized spacial score (nSPS) is 19.5. The van der Waals surface area contributed by atoms with E-state index in [2.05, 4.69) is 11.9 Å². The number of nitrogens with one attached hydrogen (secondary N) is 1. The molecule has 1 aromatic rings. The smallest absolute Gasteiger partial charge is 0.235 e.